The monoisotopic (exact) mass is 448 g/mol. The van der Waals surface area contributed by atoms with Crippen LogP contribution < -0.4 is 15.2 Å². The normalized spacial score (nSPS) is 12.1. The van der Waals surface area contributed by atoms with Gasteiger partial charge in [0.15, 0.2) is 5.78 Å². The highest BCUT2D eigenvalue weighted by Gasteiger charge is 2.24. The van der Waals surface area contributed by atoms with Gasteiger partial charge in [-0.3, -0.25) is 9.59 Å². The molecule has 1 heterocycles. The molecule has 2 N–H and O–H groups in total. The molecule has 1 unspecified atom stereocenters. The summed E-state index contributed by atoms with van der Waals surface area (Å²) in [5.74, 6) is -0.00388. The minimum absolute atomic E-state index is 0.0360. The lowest BCUT2D eigenvalue weighted by Gasteiger charge is -2.19. The summed E-state index contributed by atoms with van der Waals surface area (Å²) in [4.78, 5) is 30.0. The Morgan fingerprint density at radius 1 is 1.00 bits per heavy atom. The van der Waals surface area contributed by atoms with E-state index in [0.717, 1.165) is 5.56 Å². The number of pyridine rings is 1. The fourth-order valence-electron chi connectivity index (χ4n) is 3.30. The molecule has 0 aliphatic heterocycles. The molecule has 1 aromatic heterocycles. The maximum Gasteiger partial charge on any atom is 0.270 e. The molecule has 1 amide bonds. The van der Waals surface area contributed by atoms with E-state index in [4.69, 9.17) is 4.74 Å². The minimum Gasteiger partial charge on any atom is -0.506 e. The number of amides is 1. The Bertz CT molecular complexity index is 1070. The zero-order chi connectivity index (χ0) is 23.3. The molecule has 0 bridgehead atoms. The first-order valence-corrected chi connectivity index (χ1v) is 13.9. The van der Waals surface area contributed by atoms with Crippen LogP contribution in [0.2, 0.25) is 19.6 Å². The molecule has 3 rings (SSSR count). The second-order valence-electron chi connectivity index (χ2n) is 8.67. The fraction of sp³-hybridized carbons (Fsp3) is 0.240. The first-order chi connectivity index (χ1) is 15.2. The van der Waals surface area contributed by atoms with Crippen molar-refractivity contribution in [3.8, 4) is 11.5 Å². The van der Waals surface area contributed by atoms with Crippen molar-refractivity contribution in [2.75, 3.05) is 7.11 Å². The quantitative estimate of drug-likeness (QED) is 0.514. The van der Waals surface area contributed by atoms with Crippen LogP contribution in [0.25, 0.3) is 0 Å². The molecule has 7 heteroatoms. The van der Waals surface area contributed by atoms with Gasteiger partial charge in [-0.1, -0.05) is 61.2 Å². The van der Waals surface area contributed by atoms with Crippen molar-refractivity contribution in [1.29, 1.82) is 0 Å². The van der Waals surface area contributed by atoms with Gasteiger partial charge in [0.05, 0.1) is 21.4 Å². The number of Topliss-reactive ketones (excluding diaryl/α,β-unsaturated/α-hetero) is 1. The van der Waals surface area contributed by atoms with Gasteiger partial charge in [0.1, 0.15) is 23.2 Å². The van der Waals surface area contributed by atoms with Gasteiger partial charge in [-0.05, 0) is 35.4 Å². The highest BCUT2D eigenvalue weighted by Crippen LogP contribution is 2.21. The predicted molar refractivity (Wildman–Crippen MR) is 127 cm³/mol. The minimum atomic E-state index is -1.42. The van der Waals surface area contributed by atoms with Crippen LogP contribution in [0.3, 0.4) is 0 Å². The van der Waals surface area contributed by atoms with E-state index in [1.54, 1.807) is 31.4 Å². The Kier molecular flexibility index (Phi) is 7.10. The lowest BCUT2D eigenvalue weighted by Crippen LogP contribution is -2.37. The van der Waals surface area contributed by atoms with E-state index < -0.39 is 20.0 Å². The summed E-state index contributed by atoms with van der Waals surface area (Å²) in [5.41, 5.74) is 1.67. The van der Waals surface area contributed by atoms with Crippen molar-refractivity contribution in [1.82, 2.24) is 10.3 Å². The Morgan fingerprint density at radius 2 is 1.66 bits per heavy atom. The van der Waals surface area contributed by atoms with Gasteiger partial charge in [-0.25, -0.2) is 4.98 Å². The molecule has 166 valence electrons. The molecule has 6 nitrogen and oxygen atoms in total. The largest absolute Gasteiger partial charge is 0.506 e. The van der Waals surface area contributed by atoms with Gasteiger partial charge in [0, 0.05) is 6.42 Å². The number of nitrogens with zero attached hydrogens (tertiary/aromatic N) is 1. The van der Waals surface area contributed by atoms with E-state index in [0.29, 0.717) is 11.3 Å². The van der Waals surface area contributed by atoms with E-state index in [-0.39, 0.29) is 23.6 Å². The van der Waals surface area contributed by atoms with Crippen molar-refractivity contribution in [3.05, 3.63) is 83.7 Å². The van der Waals surface area contributed by atoms with Crippen LogP contribution in [0.1, 0.15) is 27.7 Å². The van der Waals surface area contributed by atoms with E-state index in [9.17, 15) is 14.7 Å². The molecule has 0 radical (unpaired) electrons. The molecule has 0 aliphatic rings. The summed E-state index contributed by atoms with van der Waals surface area (Å²) in [6.45, 7) is 6.83. The Hall–Kier alpha value is -3.45. The van der Waals surface area contributed by atoms with Crippen molar-refractivity contribution >= 4 is 25.0 Å². The lowest BCUT2D eigenvalue weighted by molar-refractivity contribution is -0.120. The van der Waals surface area contributed by atoms with Crippen molar-refractivity contribution < 1.29 is 19.4 Å². The van der Waals surface area contributed by atoms with Gasteiger partial charge in [-0.2, -0.15) is 0 Å². The standard InChI is InChI=1S/C25H28N2O4Si/c1-31-20-10-7-18(8-11-20)24(27-25(30)22-14-9-19(28)16-26-22)23(29)15-17-5-12-21(13-6-17)32(2,3)4/h5-14,16,24,28H,15H2,1-4H3,(H,27,30). The zero-order valence-corrected chi connectivity index (χ0v) is 19.8. The smallest absolute Gasteiger partial charge is 0.270 e. The average molecular weight is 449 g/mol. The SMILES string of the molecule is COc1ccc(C(NC(=O)c2ccc(O)cn2)C(=O)Cc2ccc([Si](C)(C)C)cc2)cc1. The van der Waals surface area contributed by atoms with Crippen LogP contribution in [0.15, 0.2) is 66.9 Å². The number of rotatable bonds is 8. The number of hydrogen-bond acceptors (Lipinski definition) is 5. The Balaban J connectivity index is 1.84. The molecular weight excluding hydrogens is 420 g/mol. The van der Waals surface area contributed by atoms with Gasteiger partial charge in [0.25, 0.3) is 5.91 Å². The van der Waals surface area contributed by atoms with Gasteiger partial charge in [0.2, 0.25) is 0 Å². The topological polar surface area (TPSA) is 88.5 Å². The summed E-state index contributed by atoms with van der Waals surface area (Å²) in [5, 5.41) is 13.5. The molecule has 32 heavy (non-hydrogen) atoms. The van der Waals surface area contributed by atoms with Crippen LogP contribution in [-0.2, 0) is 11.2 Å². The zero-order valence-electron chi connectivity index (χ0n) is 18.8. The predicted octanol–water partition coefficient (Wildman–Crippen LogP) is 3.62. The summed E-state index contributed by atoms with van der Waals surface area (Å²) in [6, 6.07) is 17.1. The highest BCUT2D eigenvalue weighted by molar-refractivity contribution is 6.88. The maximum absolute atomic E-state index is 13.3. The second-order valence-corrected chi connectivity index (χ2v) is 13.7. The molecule has 0 aliphatic carbocycles. The first kappa shape index (κ1) is 23.2. The van der Waals surface area contributed by atoms with Crippen LogP contribution in [0, 0.1) is 0 Å². The van der Waals surface area contributed by atoms with Gasteiger partial charge < -0.3 is 15.2 Å². The number of ketones is 1. The molecule has 2 aromatic carbocycles. The maximum atomic E-state index is 13.3. The van der Waals surface area contributed by atoms with E-state index in [1.807, 2.05) is 12.1 Å². The molecule has 1 atom stereocenters. The van der Waals surface area contributed by atoms with E-state index in [2.05, 4.69) is 42.1 Å². The van der Waals surface area contributed by atoms with E-state index >= 15 is 0 Å². The summed E-state index contributed by atoms with van der Waals surface area (Å²) < 4.78 is 5.20. The van der Waals surface area contributed by atoms with Crippen molar-refractivity contribution in [3.63, 3.8) is 0 Å². The molecule has 3 aromatic rings. The van der Waals surface area contributed by atoms with E-state index in [1.165, 1.54) is 23.5 Å². The average Bonchev–Trinajstić information content (AvgIpc) is 2.77. The second kappa shape index (κ2) is 9.78. The molecular formula is C25H28N2O4Si. The highest BCUT2D eigenvalue weighted by atomic mass is 28.3. The molecule has 0 fully saturated rings. The number of aromatic nitrogens is 1. The molecule has 0 saturated carbocycles. The Labute approximate surface area is 189 Å². The van der Waals surface area contributed by atoms with Crippen molar-refractivity contribution in [2.24, 2.45) is 0 Å². The number of carbonyl (C=O) groups excluding carboxylic acids is 2. The molecule has 0 saturated heterocycles. The summed E-state index contributed by atoms with van der Waals surface area (Å²) >= 11 is 0. The van der Waals surface area contributed by atoms with Crippen LogP contribution >= 0.6 is 0 Å². The number of aromatic hydroxyl groups is 1. The fourth-order valence-corrected chi connectivity index (χ4v) is 4.46. The number of nitrogens with one attached hydrogen (secondary N) is 1. The lowest BCUT2D eigenvalue weighted by atomic mass is 9.97. The summed E-state index contributed by atoms with van der Waals surface area (Å²) in [6.07, 6.45) is 1.38. The van der Waals surface area contributed by atoms with Crippen LogP contribution in [-0.4, -0.2) is 37.0 Å². The van der Waals surface area contributed by atoms with Gasteiger partial charge in [-0.15, -0.1) is 0 Å². The Morgan fingerprint density at radius 3 is 2.19 bits per heavy atom. The molecule has 0 spiro atoms. The summed E-state index contributed by atoms with van der Waals surface area (Å²) in [7, 11) is 0.148. The van der Waals surface area contributed by atoms with Crippen LogP contribution in [0.5, 0.6) is 11.5 Å². The van der Waals surface area contributed by atoms with Crippen molar-refractivity contribution in [2.45, 2.75) is 32.1 Å². The third kappa shape index (κ3) is 5.82. The van der Waals surface area contributed by atoms with Crippen LogP contribution in [0.4, 0.5) is 0 Å². The first-order valence-electron chi connectivity index (χ1n) is 10.4. The number of hydrogen-bond donors (Lipinski definition) is 2. The van der Waals surface area contributed by atoms with Gasteiger partial charge >= 0.3 is 0 Å². The number of methoxy groups -OCH3 is 1. The third-order valence-electron chi connectivity index (χ3n) is 5.23. The third-order valence-corrected chi connectivity index (χ3v) is 7.29. The number of benzene rings is 2. The number of carbonyl (C=O) groups is 2. The number of ether oxygens (including phenoxy) is 1.